The highest BCUT2D eigenvalue weighted by Gasteiger charge is 2.20. The summed E-state index contributed by atoms with van der Waals surface area (Å²) in [5.74, 6) is 1.67. The van der Waals surface area contributed by atoms with E-state index in [-0.39, 0.29) is 0 Å². The Labute approximate surface area is 108 Å². The molecule has 18 heavy (non-hydrogen) atoms. The van der Waals surface area contributed by atoms with E-state index in [1.54, 1.807) is 7.11 Å². The molecular weight excluding hydrogens is 228 g/mol. The third-order valence-electron chi connectivity index (χ3n) is 3.10. The monoisotopic (exact) mass is 250 g/mol. The molecule has 1 aliphatic carbocycles. The summed E-state index contributed by atoms with van der Waals surface area (Å²) in [6, 6.07) is 5.73. The van der Waals surface area contributed by atoms with Gasteiger partial charge in [-0.2, -0.15) is 0 Å². The van der Waals surface area contributed by atoms with Crippen molar-refractivity contribution in [3.05, 3.63) is 23.8 Å². The van der Waals surface area contributed by atoms with Gasteiger partial charge in [0, 0.05) is 37.0 Å². The van der Waals surface area contributed by atoms with Crippen molar-refractivity contribution in [1.29, 1.82) is 0 Å². The Morgan fingerprint density at radius 3 is 2.94 bits per heavy atom. The zero-order chi connectivity index (χ0) is 12.8. The number of ether oxygens (including phenoxy) is 2. The van der Waals surface area contributed by atoms with Crippen molar-refractivity contribution in [3.8, 4) is 5.75 Å². The number of nitrogens with one attached hydrogen (secondary N) is 1. The maximum atomic E-state index is 5.71. The SMILES string of the molecule is COc1cc(N)ccc1CNCCOCC1CC1. The molecule has 0 unspecified atom stereocenters. The minimum Gasteiger partial charge on any atom is -0.496 e. The molecule has 2 rings (SSSR count). The van der Waals surface area contributed by atoms with E-state index in [0.717, 1.165) is 49.2 Å². The Hall–Kier alpha value is -1.26. The van der Waals surface area contributed by atoms with Crippen LogP contribution in [-0.4, -0.2) is 26.9 Å². The second kappa shape index (κ2) is 6.61. The molecule has 0 amide bonds. The first kappa shape index (κ1) is 13.2. The maximum Gasteiger partial charge on any atom is 0.125 e. The van der Waals surface area contributed by atoms with Crippen LogP contribution in [0.1, 0.15) is 18.4 Å². The third kappa shape index (κ3) is 4.20. The molecule has 0 atom stereocenters. The fourth-order valence-electron chi connectivity index (χ4n) is 1.81. The smallest absolute Gasteiger partial charge is 0.125 e. The average Bonchev–Trinajstić information content (AvgIpc) is 3.19. The number of benzene rings is 1. The van der Waals surface area contributed by atoms with Crippen molar-refractivity contribution >= 4 is 5.69 Å². The molecule has 1 saturated carbocycles. The average molecular weight is 250 g/mol. The van der Waals surface area contributed by atoms with Crippen LogP contribution < -0.4 is 15.8 Å². The number of nitrogens with two attached hydrogens (primary N) is 1. The standard InChI is InChI=1S/C14H22N2O2/c1-17-14-8-13(15)5-4-12(14)9-16-6-7-18-10-11-2-3-11/h4-5,8,11,16H,2-3,6-7,9-10,15H2,1H3. The lowest BCUT2D eigenvalue weighted by Gasteiger charge is -2.10. The number of hydrogen-bond donors (Lipinski definition) is 2. The summed E-state index contributed by atoms with van der Waals surface area (Å²) in [6.45, 7) is 3.33. The van der Waals surface area contributed by atoms with Crippen molar-refractivity contribution in [1.82, 2.24) is 5.32 Å². The van der Waals surface area contributed by atoms with Gasteiger partial charge < -0.3 is 20.5 Å². The highest BCUT2D eigenvalue weighted by Crippen LogP contribution is 2.28. The Bertz CT molecular complexity index is 378. The molecule has 0 radical (unpaired) electrons. The van der Waals surface area contributed by atoms with E-state index in [0.29, 0.717) is 0 Å². The largest absolute Gasteiger partial charge is 0.496 e. The molecule has 0 heterocycles. The van der Waals surface area contributed by atoms with Gasteiger partial charge in [-0.25, -0.2) is 0 Å². The first-order valence-corrected chi connectivity index (χ1v) is 6.50. The Kier molecular flexibility index (Phi) is 4.84. The second-order valence-corrected chi connectivity index (χ2v) is 4.77. The van der Waals surface area contributed by atoms with Crippen LogP contribution in [0, 0.1) is 5.92 Å². The maximum absolute atomic E-state index is 5.71. The molecule has 1 aliphatic rings. The highest BCUT2D eigenvalue weighted by molar-refractivity contribution is 5.48. The zero-order valence-corrected chi connectivity index (χ0v) is 10.9. The van der Waals surface area contributed by atoms with Gasteiger partial charge in [-0.3, -0.25) is 0 Å². The van der Waals surface area contributed by atoms with Gasteiger partial charge in [-0.15, -0.1) is 0 Å². The van der Waals surface area contributed by atoms with Gasteiger partial charge in [-0.1, -0.05) is 6.07 Å². The summed E-state index contributed by atoms with van der Waals surface area (Å²) in [5.41, 5.74) is 7.56. The molecule has 4 nitrogen and oxygen atoms in total. The van der Waals surface area contributed by atoms with E-state index in [1.807, 2.05) is 18.2 Å². The minimum atomic E-state index is 0.725. The molecule has 4 heteroatoms. The van der Waals surface area contributed by atoms with Crippen molar-refractivity contribution in [2.75, 3.05) is 32.6 Å². The van der Waals surface area contributed by atoms with Crippen molar-refractivity contribution in [3.63, 3.8) is 0 Å². The van der Waals surface area contributed by atoms with Crippen molar-refractivity contribution < 1.29 is 9.47 Å². The van der Waals surface area contributed by atoms with Crippen LogP contribution in [0.25, 0.3) is 0 Å². The van der Waals surface area contributed by atoms with Gasteiger partial charge in [0.2, 0.25) is 0 Å². The molecule has 3 N–H and O–H groups in total. The lowest BCUT2D eigenvalue weighted by molar-refractivity contribution is 0.126. The molecular formula is C14H22N2O2. The second-order valence-electron chi connectivity index (χ2n) is 4.77. The number of hydrogen-bond acceptors (Lipinski definition) is 4. The fourth-order valence-corrected chi connectivity index (χ4v) is 1.81. The van der Waals surface area contributed by atoms with Crippen LogP contribution in [0.4, 0.5) is 5.69 Å². The minimum absolute atomic E-state index is 0.725. The number of nitrogen functional groups attached to an aromatic ring is 1. The van der Waals surface area contributed by atoms with E-state index in [4.69, 9.17) is 15.2 Å². The van der Waals surface area contributed by atoms with Crippen LogP contribution in [0.5, 0.6) is 5.75 Å². The molecule has 0 bridgehead atoms. The summed E-state index contributed by atoms with van der Waals surface area (Å²) < 4.78 is 10.9. The lowest BCUT2D eigenvalue weighted by atomic mass is 10.2. The van der Waals surface area contributed by atoms with Crippen LogP contribution in [-0.2, 0) is 11.3 Å². The number of rotatable bonds is 8. The molecule has 0 aliphatic heterocycles. The predicted octanol–water partition coefficient (Wildman–Crippen LogP) is 1.79. The Balaban J connectivity index is 1.65. The lowest BCUT2D eigenvalue weighted by Crippen LogP contribution is -2.20. The molecule has 0 spiro atoms. The topological polar surface area (TPSA) is 56.5 Å². The molecule has 1 aromatic rings. The van der Waals surface area contributed by atoms with Gasteiger partial charge in [0.05, 0.1) is 13.7 Å². The van der Waals surface area contributed by atoms with Gasteiger partial charge in [0.15, 0.2) is 0 Å². The zero-order valence-electron chi connectivity index (χ0n) is 10.9. The van der Waals surface area contributed by atoms with Gasteiger partial charge in [0.25, 0.3) is 0 Å². The van der Waals surface area contributed by atoms with Crippen molar-refractivity contribution in [2.24, 2.45) is 5.92 Å². The van der Waals surface area contributed by atoms with E-state index >= 15 is 0 Å². The van der Waals surface area contributed by atoms with Gasteiger partial charge in [-0.05, 0) is 24.8 Å². The van der Waals surface area contributed by atoms with Gasteiger partial charge in [0.1, 0.15) is 5.75 Å². The van der Waals surface area contributed by atoms with Gasteiger partial charge >= 0.3 is 0 Å². The normalized spacial score (nSPS) is 14.7. The molecule has 0 saturated heterocycles. The van der Waals surface area contributed by atoms with Crippen LogP contribution >= 0.6 is 0 Å². The number of methoxy groups -OCH3 is 1. The van der Waals surface area contributed by atoms with E-state index in [1.165, 1.54) is 12.8 Å². The summed E-state index contributed by atoms with van der Waals surface area (Å²) >= 11 is 0. The molecule has 100 valence electrons. The molecule has 1 aromatic carbocycles. The number of anilines is 1. The summed E-state index contributed by atoms with van der Waals surface area (Å²) in [4.78, 5) is 0. The first-order chi connectivity index (χ1) is 8.79. The summed E-state index contributed by atoms with van der Waals surface area (Å²) in [5, 5.41) is 3.34. The third-order valence-corrected chi connectivity index (χ3v) is 3.10. The Morgan fingerprint density at radius 1 is 1.39 bits per heavy atom. The van der Waals surface area contributed by atoms with E-state index in [2.05, 4.69) is 5.32 Å². The predicted molar refractivity (Wildman–Crippen MR) is 72.7 cm³/mol. The van der Waals surface area contributed by atoms with Crippen LogP contribution in [0.15, 0.2) is 18.2 Å². The first-order valence-electron chi connectivity index (χ1n) is 6.50. The van der Waals surface area contributed by atoms with Crippen LogP contribution in [0.2, 0.25) is 0 Å². The summed E-state index contributed by atoms with van der Waals surface area (Å²) in [7, 11) is 1.66. The van der Waals surface area contributed by atoms with E-state index < -0.39 is 0 Å². The fraction of sp³-hybridized carbons (Fsp3) is 0.571. The molecule has 1 fully saturated rings. The quantitative estimate of drug-likeness (QED) is 0.545. The van der Waals surface area contributed by atoms with Crippen molar-refractivity contribution in [2.45, 2.75) is 19.4 Å². The van der Waals surface area contributed by atoms with Crippen LogP contribution in [0.3, 0.4) is 0 Å². The summed E-state index contributed by atoms with van der Waals surface area (Å²) in [6.07, 6.45) is 2.69. The molecule has 0 aromatic heterocycles. The Morgan fingerprint density at radius 2 is 2.22 bits per heavy atom. The van der Waals surface area contributed by atoms with E-state index in [9.17, 15) is 0 Å². The highest BCUT2D eigenvalue weighted by atomic mass is 16.5.